The second kappa shape index (κ2) is 8.96. The molecule has 0 saturated carbocycles. The summed E-state index contributed by atoms with van der Waals surface area (Å²) in [5.74, 6) is 0.504. The van der Waals surface area contributed by atoms with Crippen LogP contribution in [0.1, 0.15) is 22.8 Å². The normalized spacial score (nSPS) is 11.1. The molecular weight excluding hydrogens is 439 g/mol. The van der Waals surface area contributed by atoms with Gasteiger partial charge in [-0.1, -0.05) is 35.3 Å². The molecule has 8 heteroatoms. The zero-order valence-corrected chi connectivity index (χ0v) is 18.1. The van der Waals surface area contributed by atoms with Crippen molar-refractivity contribution in [3.8, 4) is 11.3 Å². The van der Waals surface area contributed by atoms with E-state index in [1.165, 1.54) is 6.07 Å². The summed E-state index contributed by atoms with van der Waals surface area (Å²) in [5.41, 5.74) is 1.15. The fraction of sp³-hybridized carbons (Fsp3) is 0.174. The van der Waals surface area contributed by atoms with Crippen LogP contribution in [0.3, 0.4) is 0 Å². The SMILES string of the molecule is Cc1nc2ccccc2c(=O)n1CCCOC(=O)c1ccc(-c2cc(Cl)ccc2Cl)o1. The van der Waals surface area contributed by atoms with E-state index in [1.807, 2.05) is 12.1 Å². The molecule has 0 atom stereocenters. The van der Waals surface area contributed by atoms with E-state index in [9.17, 15) is 9.59 Å². The maximum Gasteiger partial charge on any atom is 0.374 e. The van der Waals surface area contributed by atoms with E-state index in [0.29, 0.717) is 51.1 Å². The van der Waals surface area contributed by atoms with Crippen molar-refractivity contribution >= 4 is 40.1 Å². The molecule has 6 nitrogen and oxygen atoms in total. The number of esters is 1. The lowest BCUT2D eigenvalue weighted by atomic mass is 10.2. The van der Waals surface area contributed by atoms with Gasteiger partial charge in [-0.15, -0.1) is 0 Å². The Morgan fingerprint density at radius 2 is 1.94 bits per heavy atom. The van der Waals surface area contributed by atoms with E-state index in [0.717, 1.165) is 0 Å². The molecule has 0 spiro atoms. The Bertz CT molecular complexity index is 1330. The van der Waals surface area contributed by atoms with E-state index in [-0.39, 0.29) is 17.9 Å². The van der Waals surface area contributed by atoms with Crippen LogP contribution in [-0.2, 0) is 11.3 Å². The van der Waals surface area contributed by atoms with Crippen molar-refractivity contribution in [2.45, 2.75) is 19.9 Å². The highest BCUT2D eigenvalue weighted by Gasteiger charge is 2.16. The number of hydrogen-bond acceptors (Lipinski definition) is 5. The average Bonchev–Trinajstić information content (AvgIpc) is 3.25. The van der Waals surface area contributed by atoms with Gasteiger partial charge in [0.15, 0.2) is 0 Å². The highest BCUT2D eigenvalue weighted by molar-refractivity contribution is 6.35. The molecular formula is C23H18Cl2N2O4. The number of aromatic nitrogens is 2. The van der Waals surface area contributed by atoms with Crippen molar-refractivity contribution in [2.75, 3.05) is 6.61 Å². The van der Waals surface area contributed by atoms with Gasteiger partial charge in [0.05, 0.1) is 22.5 Å². The van der Waals surface area contributed by atoms with Crippen LogP contribution in [0.2, 0.25) is 10.0 Å². The Morgan fingerprint density at radius 3 is 2.77 bits per heavy atom. The molecule has 2 aromatic carbocycles. The van der Waals surface area contributed by atoms with Gasteiger partial charge in [0.25, 0.3) is 5.56 Å². The number of benzene rings is 2. The Kier molecular flexibility index (Phi) is 6.11. The Balaban J connectivity index is 1.38. The number of hydrogen-bond donors (Lipinski definition) is 0. The smallest absolute Gasteiger partial charge is 0.374 e. The largest absolute Gasteiger partial charge is 0.460 e. The lowest BCUT2D eigenvalue weighted by molar-refractivity contribution is 0.0460. The van der Waals surface area contributed by atoms with Crippen LogP contribution in [0.4, 0.5) is 0 Å². The van der Waals surface area contributed by atoms with Crippen molar-refractivity contribution < 1.29 is 13.9 Å². The van der Waals surface area contributed by atoms with Gasteiger partial charge in [-0.05, 0) is 55.8 Å². The number of ether oxygens (including phenoxy) is 1. The van der Waals surface area contributed by atoms with Gasteiger partial charge in [0.1, 0.15) is 11.6 Å². The molecule has 0 radical (unpaired) electrons. The molecule has 0 N–H and O–H groups in total. The molecule has 0 saturated heterocycles. The number of rotatable bonds is 6. The second-order valence-corrected chi connectivity index (χ2v) is 7.75. The van der Waals surface area contributed by atoms with Gasteiger partial charge in [-0.2, -0.15) is 0 Å². The minimum Gasteiger partial charge on any atom is -0.460 e. The van der Waals surface area contributed by atoms with E-state index in [4.69, 9.17) is 32.4 Å². The van der Waals surface area contributed by atoms with E-state index >= 15 is 0 Å². The monoisotopic (exact) mass is 456 g/mol. The number of nitrogens with zero attached hydrogens (tertiary/aromatic N) is 2. The molecule has 0 amide bonds. The molecule has 4 aromatic rings. The number of carbonyl (C=O) groups is 1. The minimum absolute atomic E-state index is 0.0618. The molecule has 31 heavy (non-hydrogen) atoms. The predicted molar refractivity (Wildman–Crippen MR) is 120 cm³/mol. The Hall–Kier alpha value is -3.09. The average molecular weight is 457 g/mol. The van der Waals surface area contributed by atoms with Gasteiger partial charge in [0.2, 0.25) is 5.76 Å². The topological polar surface area (TPSA) is 74.3 Å². The first-order valence-electron chi connectivity index (χ1n) is 9.62. The second-order valence-electron chi connectivity index (χ2n) is 6.91. The molecule has 0 aliphatic heterocycles. The summed E-state index contributed by atoms with van der Waals surface area (Å²) < 4.78 is 12.5. The first kappa shape index (κ1) is 21.2. The van der Waals surface area contributed by atoms with Gasteiger partial charge in [0, 0.05) is 17.1 Å². The summed E-state index contributed by atoms with van der Waals surface area (Å²) in [7, 11) is 0. The van der Waals surface area contributed by atoms with Crippen LogP contribution in [-0.4, -0.2) is 22.1 Å². The number of aryl methyl sites for hydroxylation is 1. The summed E-state index contributed by atoms with van der Waals surface area (Å²) in [6.07, 6.45) is 0.459. The number of furan rings is 1. The summed E-state index contributed by atoms with van der Waals surface area (Å²) in [4.78, 5) is 29.4. The van der Waals surface area contributed by atoms with Crippen LogP contribution in [0, 0.1) is 6.92 Å². The first-order chi connectivity index (χ1) is 14.9. The molecule has 0 fully saturated rings. The molecule has 4 rings (SSSR count). The summed E-state index contributed by atoms with van der Waals surface area (Å²) >= 11 is 12.2. The van der Waals surface area contributed by atoms with Crippen LogP contribution >= 0.6 is 23.2 Å². The maximum atomic E-state index is 12.7. The third-order valence-corrected chi connectivity index (χ3v) is 5.38. The minimum atomic E-state index is -0.592. The zero-order valence-electron chi connectivity index (χ0n) is 16.6. The van der Waals surface area contributed by atoms with Crippen molar-refractivity contribution in [3.05, 3.63) is 86.6 Å². The van der Waals surface area contributed by atoms with Crippen molar-refractivity contribution in [1.29, 1.82) is 0 Å². The molecule has 0 aliphatic rings. The standard InChI is InChI=1S/C23H18Cl2N2O4/c1-14-26-19-6-3-2-5-16(19)22(28)27(14)11-4-12-30-23(29)21-10-9-20(31-21)17-13-15(24)7-8-18(17)25/h2-3,5-10,13H,4,11-12H2,1H3. The third-order valence-electron chi connectivity index (χ3n) is 4.81. The van der Waals surface area contributed by atoms with E-state index in [2.05, 4.69) is 4.98 Å². The summed E-state index contributed by atoms with van der Waals surface area (Å²) in [5, 5.41) is 1.53. The first-order valence-corrected chi connectivity index (χ1v) is 10.4. The van der Waals surface area contributed by atoms with Crippen LogP contribution < -0.4 is 5.56 Å². The maximum absolute atomic E-state index is 12.7. The fourth-order valence-corrected chi connectivity index (χ4v) is 3.66. The fourth-order valence-electron chi connectivity index (χ4n) is 3.28. The molecule has 2 aromatic heterocycles. The summed E-state index contributed by atoms with van der Waals surface area (Å²) in [6.45, 7) is 2.30. The zero-order chi connectivity index (χ0) is 22.0. The van der Waals surface area contributed by atoms with Crippen LogP contribution in [0.5, 0.6) is 0 Å². The van der Waals surface area contributed by atoms with Crippen molar-refractivity contribution in [2.24, 2.45) is 0 Å². The lowest BCUT2D eigenvalue weighted by Crippen LogP contribution is -2.24. The number of fused-ring (bicyclic) bond motifs is 1. The van der Waals surface area contributed by atoms with Crippen molar-refractivity contribution in [3.63, 3.8) is 0 Å². The van der Waals surface area contributed by atoms with Gasteiger partial charge in [-0.3, -0.25) is 9.36 Å². The highest BCUT2D eigenvalue weighted by Crippen LogP contribution is 2.31. The molecule has 0 bridgehead atoms. The lowest BCUT2D eigenvalue weighted by Gasteiger charge is -2.10. The van der Waals surface area contributed by atoms with Gasteiger partial charge in [-0.25, -0.2) is 9.78 Å². The summed E-state index contributed by atoms with van der Waals surface area (Å²) in [6, 6.07) is 15.4. The number of carbonyl (C=O) groups excluding carboxylic acids is 1. The van der Waals surface area contributed by atoms with Gasteiger partial charge >= 0.3 is 5.97 Å². The molecule has 0 aliphatic carbocycles. The Labute approximate surface area is 188 Å². The number of halogens is 2. The van der Waals surface area contributed by atoms with E-state index < -0.39 is 5.97 Å². The van der Waals surface area contributed by atoms with Crippen molar-refractivity contribution in [1.82, 2.24) is 9.55 Å². The molecule has 0 unspecified atom stereocenters. The number of para-hydroxylation sites is 1. The molecule has 158 valence electrons. The van der Waals surface area contributed by atoms with Crippen LogP contribution in [0.25, 0.3) is 22.2 Å². The van der Waals surface area contributed by atoms with Crippen LogP contribution in [0.15, 0.2) is 63.8 Å². The van der Waals surface area contributed by atoms with E-state index in [1.54, 1.807) is 47.9 Å². The Morgan fingerprint density at radius 1 is 1.13 bits per heavy atom. The highest BCUT2D eigenvalue weighted by atomic mass is 35.5. The quantitative estimate of drug-likeness (QED) is 0.282. The third kappa shape index (κ3) is 4.50. The molecule has 2 heterocycles. The van der Waals surface area contributed by atoms with Gasteiger partial charge < -0.3 is 9.15 Å². The predicted octanol–water partition coefficient (Wildman–Crippen LogP) is 5.52.